The van der Waals surface area contributed by atoms with Gasteiger partial charge in [-0.2, -0.15) is 0 Å². The number of nitrogens with zero attached hydrogens (tertiary/aromatic N) is 2. The molecule has 0 atom stereocenters. The summed E-state index contributed by atoms with van der Waals surface area (Å²) in [7, 11) is 0. The minimum absolute atomic E-state index is 0.00969. The molecule has 1 saturated carbocycles. The highest BCUT2D eigenvalue weighted by atomic mass is 32.2. The minimum Gasteiger partial charge on any atom is -0.454 e. The van der Waals surface area contributed by atoms with Crippen LogP contribution in [0.5, 0.6) is 11.5 Å². The highest BCUT2D eigenvalue weighted by Gasteiger charge is 2.23. The van der Waals surface area contributed by atoms with Crippen molar-refractivity contribution in [1.29, 1.82) is 0 Å². The molecule has 1 aromatic heterocycles. The maximum atomic E-state index is 12.2. The molecule has 5 rings (SSSR count). The molecule has 2 heterocycles. The summed E-state index contributed by atoms with van der Waals surface area (Å²) in [6, 6.07) is 12.6. The fraction of sp³-hybridized carbons (Fsp3) is 0.238. The van der Waals surface area contributed by atoms with Gasteiger partial charge in [-0.05, 0) is 37.1 Å². The van der Waals surface area contributed by atoms with Crippen LogP contribution in [0.4, 0.5) is 16.3 Å². The molecular weight excluding hydrogens is 418 g/mol. The molecule has 0 saturated heterocycles. The molecule has 3 N–H and O–H groups in total. The Hall–Kier alpha value is -3.53. The number of urea groups is 1. The van der Waals surface area contributed by atoms with E-state index < -0.39 is 11.9 Å². The van der Waals surface area contributed by atoms with Gasteiger partial charge in [-0.1, -0.05) is 23.9 Å². The minimum atomic E-state index is -0.625. The van der Waals surface area contributed by atoms with Crippen molar-refractivity contribution >= 4 is 46.1 Å². The van der Waals surface area contributed by atoms with E-state index in [9.17, 15) is 9.59 Å². The van der Waals surface area contributed by atoms with Crippen molar-refractivity contribution < 1.29 is 19.1 Å². The molecule has 1 aliphatic carbocycles. The SMILES string of the molecule is O=C(CSc1nc(NC2CC2)c2ccccc2n1)NC(=O)Nc1ccc2c(c1)OCO2. The lowest BCUT2D eigenvalue weighted by molar-refractivity contribution is -0.117. The van der Waals surface area contributed by atoms with Crippen molar-refractivity contribution in [3.8, 4) is 11.5 Å². The van der Waals surface area contributed by atoms with Gasteiger partial charge in [0.1, 0.15) is 5.82 Å². The first-order valence-corrected chi connectivity index (χ1v) is 10.8. The third-order valence-electron chi connectivity index (χ3n) is 4.72. The van der Waals surface area contributed by atoms with Crippen LogP contribution in [0.1, 0.15) is 12.8 Å². The Kier molecular flexibility index (Phi) is 5.21. The fourth-order valence-electron chi connectivity index (χ4n) is 3.08. The zero-order valence-corrected chi connectivity index (χ0v) is 17.2. The molecule has 0 radical (unpaired) electrons. The summed E-state index contributed by atoms with van der Waals surface area (Å²) in [5.41, 5.74) is 1.31. The Labute approximate surface area is 181 Å². The number of hydrogen-bond donors (Lipinski definition) is 3. The van der Waals surface area contributed by atoms with Gasteiger partial charge in [0.2, 0.25) is 12.7 Å². The number of ether oxygens (including phenoxy) is 2. The molecule has 3 aromatic rings. The number of aromatic nitrogens is 2. The summed E-state index contributed by atoms with van der Waals surface area (Å²) in [5.74, 6) is 1.50. The van der Waals surface area contributed by atoms with Gasteiger partial charge >= 0.3 is 6.03 Å². The predicted molar refractivity (Wildman–Crippen MR) is 117 cm³/mol. The normalized spacial score (nSPS) is 14.3. The first-order chi connectivity index (χ1) is 15.1. The Morgan fingerprint density at radius 1 is 1.06 bits per heavy atom. The number of para-hydroxylation sites is 1. The van der Waals surface area contributed by atoms with Gasteiger partial charge in [-0.3, -0.25) is 10.1 Å². The molecule has 0 spiro atoms. The molecule has 0 unspecified atom stereocenters. The fourth-order valence-corrected chi connectivity index (χ4v) is 3.73. The number of imide groups is 1. The molecule has 9 nitrogen and oxygen atoms in total. The summed E-state index contributed by atoms with van der Waals surface area (Å²) in [5, 5.41) is 9.76. The number of hydrogen-bond acceptors (Lipinski definition) is 8. The van der Waals surface area contributed by atoms with Gasteiger partial charge in [-0.15, -0.1) is 0 Å². The summed E-state index contributed by atoms with van der Waals surface area (Å²) >= 11 is 1.18. The summed E-state index contributed by atoms with van der Waals surface area (Å²) in [4.78, 5) is 33.4. The van der Waals surface area contributed by atoms with Crippen LogP contribution in [0.15, 0.2) is 47.6 Å². The average molecular weight is 437 g/mol. The number of thioether (sulfide) groups is 1. The number of anilines is 2. The van der Waals surface area contributed by atoms with Crippen LogP contribution in [-0.2, 0) is 4.79 Å². The van der Waals surface area contributed by atoms with Gasteiger partial charge in [0.05, 0.1) is 11.3 Å². The van der Waals surface area contributed by atoms with Crippen LogP contribution >= 0.6 is 11.8 Å². The first-order valence-electron chi connectivity index (χ1n) is 9.81. The Morgan fingerprint density at radius 2 is 1.90 bits per heavy atom. The number of amides is 3. The van der Waals surface area contributed by atoms with E-state index in [1.54, 1.807) is 18.2 Å². The summed E-state index contributed by atoms with van der Waals surface area (Å²) in [6.07, 6.45) is 2.25. The van der Waals surface area contributed by atoms with E-state index in [0.29, 0.717) is 28.4 Å². The molecule has 2 aliphatic rings. The third-order valence-corrected chi connectivity index (χ3v) is 5.56. The molecule has 2 aromatic carbocycles. The third kappa shape index (κ3) is 4.64. The van der Waals surface area contributed by atoms with Crippen molar-refractivity contribution in [2.45, 2.75) is 24.0 Å². The van der Waals surface area contributed by atoms with E-state index in [2.05, 4.69) is 25.9 Å². The highest BCUT2D eigenvalue weighted by molar-refractivity contribution is 7.99. The van der Waals surface area contributed by atoms with Crippen LogP contribution in [0.25, 0.3) is 10.9 Å². The van der Waals surface area contributed by atoms with Gasteiger partial charge in [0.15, 0.2) is 16.7 Å². The van der Waals surface area contributed by atoms with E-state index in [4.69, 9.17) is 9.47 Å². The largest absolute Gasteiger partial charge is 0.454 e. The van der Waals surface area contributed by atoms with E-state index in [0.717, 1.165) is 29.6 Å². The molecule has 31 heavy (non-hydrogen) atoms. The quantitative estimate of drug-likeness (QED) is 0.397. The molecule has 1 fully saturated rings. The lowest BCUT2D eigenvalue weighted by Gasteiger charge is -2.10. The van der Waals surface area contributed by atoms with Crippen molar-refractivity contribution in [3.63, 3.8) is 0 Å². The second-order valence-electron chi connectivity index (χ2n) is 7.15. The number of carbonyl (C=O) groups is 2. The lowest BCUT2D eigenvalue weighted by Crippen LogP contribution is -2.35. The maximum Gasteiger partial charge on any atom is 0.325 e. The van der Waals surface area contributed by atoms with Crippen molar-refractivity contribution in [2.75, 3.05) is 23.2 Å². The van der Waals surface area contributed by atoms with Crippen molar-refractivity contribution in [3.05, 3.63) is 42.5 Å². The van der Waals surface area contributed by atoms with Gasteiger partial charge in [0, 0.05) is 23.2 Å². The highest BCUT2D eigenvalue weighted by Crippen LogP contribution is 2.34. The molecule has 1 aliphatic heterocycles. The second kappa shape index (κ2) is 8.31. The van der Waals surface area contributed by atoms with Crippen molar-refractivity contribution in [2.24, 2.45) is 0 Å². The number of carbonyl (C=O) groups excluding carboxylic acids is 2. The smallest absolute Gasteiger partial charge is 0.325 e. The Balaban J connectivity index is 1.19. The zero-order chi connectivity index (χ0) is 21.2. The lowest BCUT2D eigenvalue weighted by atomic mass is 10.2. The average Bonchev–Trinajstić information content (AvgIpc) is 3.45. The van der Waals surface area contributed by atoms with Gasteiger partial charge in [-0.25, -0.2) is 14.8 Å². The van der Waals surface area contributed by atoms with Gasteiger partial charge < -0.3 is 20.1 Å². The van der Waals surface area contributed by atoms with Crippen LogP contribution in [0.2, 0.25) is 0 Å². The standard InChI is InChI=1S/C21H19N5O4S/c27-18(25-20(28)23-13-7-8-16-17(9-13)30-11-29-16)10-31-21-24-15-4-2-1-3-14(15)19(26-21)22-12-5-6-12/h1-4,7-9,12H,5-6,10-11H2,(H,22,24,26)(H2,23,25,27,28). The Morgan fingerprint density at radius 3 is 2.77 bits per heavy atom. The maximum absolute atomic E-state index is 12.2. The molecule has 0 bridgehead atoms. The van der Waals surface area contributed by atoms with Crippen LogP contribution in [0.3, 0.4) is 0 Å². The molecule has 3 amide bonds. The molecule has 158 valence electrons. The van der Waals surface area contributed by atoms with E-state index >= 15 is 0 Å². The number of rotatable bonds is 6. The van der Waals surface area contributed by atoms with Crippen molar-refractivity contribution in [1.82, 2.24) is 15.3 Å². The molecule has 10 heteroatoms. The topological polar surface area (TPSA) is 114 Å². The van der Waals surface area contributed by atoms with Crippen LogP contribution < -0.4 is 25.4 Å². The van der Waals surface area contributed by atoms with E-state index in [1.807, 2.05) is 24.3 Å². The number of fused-ring (bicyclic) bond motifs is 2. The van der Waals surface area contributed by atoms with E-state index in [-0.39, 0.29) is 12.5 Å². The van der Waals surface area contributed by atoms with Crippen LogP contribution in [0, 0.1) is 0 Å². The summed E-state index contributed by atoms with van der Waals surface area (Å²) < 4.78 is 10.5. The number of benzene rings is 2. The van der Waals surface area contributed by atoms with Gasteiger partial charge in [0.25, 0.3) is 0 Å². The predicted octanol–water partition coefficient (Wildman–Crippen LogP) is 3.37. The second-order valence-corrected chi connectivity index (χ2v) is 8.09. The molecular formula is C21H19N5O4S. The number of nitrogens with one attached hydrogen (secondary N) is 3. The van der Waals surface area contributed by atoms with E-state index in [1.165, 1.54) is 11.8 Å². The first kappa shape index (κ1) is 19.4. The zero-order valence-electron chi connectivity index (χ0n) is 16.4. The van der Waals surface area contributed by atoms with Crippen LogP contribution in [-0.4, -0.2) is 40.5 Å². The monoisotopic (exact) mass is 437 g/mol. The Bertz CT molecular complexity index is 1170. The summed E-state index contributed by atoms with van der Waals surface area (Å²) in [6.45, 7) is 0.148.